The molecule has 1 amide bonds. The number of hydrogen-bond acceptors (Lipinski definition) is 7. The van der Waals surface area contributed by atoms with Gasteiger partial charge in [0.2, 0.25) is 21.8 Å². The molecule has 2 aliphatic rings. The zero-order chi connectivity index (χ0) is 22.2. The van der Waals surface area contributed by atoms with Gasteiger partial charge in [-0.25, -0.2) is 12.7 Å². The van der Waals surface area contributed by atoms with E-state index < -0.39 is 15.4 Å². The zero-order valence-corrected chi connectivity index (χ0v) is 18.8. The number of sulfonamides is 1. The fourth-order valence-electron chi connectivity index (χ4n) is 4.90. The second-order valence-corrected chi connectivity index (χ2v) is 10.6. The molecule has 3 atom stereocenters. The lowest BCUT2D eigenvalue weighted by Crippen LogP contribution is -2.39. The third-order valence-electron chi connectivity index (χ3n) is 6.41. The average Bonchev–Trinajstić information content (AvgIpc) is 3.39. The van der Waals surface area contributed by atoms with E-state index in [2.05, 4.69) is 15.5 Å². The highest BCUT2D eigenvalue weighted by Crippen LogP contribution is 2.50. The maximum atomic E-state index is 12.6. The molecule has 1 saturated carbocycles. The van der Waals surface area contributed by atoms with E-state index in [4.69, 9.17) is 9.26 Å². The van der Waals surface area contributed by atoms with Crippen molar-refractivity contribution in [3.8, 4) is 5.75 Å². The first-order chi connectivity index (χ1) is 14.7. The van der Waals surface area contributed by atoms with E-state index in [9.17, 15) is 13.2 Å². The maximum absolute atomic E-state index is 12.6. The van der Waals surface area contributed by atoms with Gasteiger partial charge in [0.1, 0.15) is 5.75 Å². The molecule has 9 nitrogen and oxygen atoms in total. The minimum Gasteiger partial charge on any atom is -0.497 e. The summed E-state index contributed by atoms with van der Waals surface area (Å²) >= 11 is 0. The molecule has 31 heavy (non-hydrogen) atoms. The number of methoxy groups -OCH3 is 1. The highest BCUT2D eigenvalue weighted by Gasteiger charge is 2.58. The zero-order valence-electron chi connectivity index (χ0n) is 18.0. The summed E-state index contributed by atoms with van der Waals surface area (Å²) < 4.78 is 36.5. The predicted molar refractivity (Wildman–Crippen MR) is 113 cm³/mol. The van der Waals surface area contributed by atoms with Crippen molar-refractivity contribution in [1.82, 2.24) is 19.8 Å². The van der Waals surface area contributed by atoms with Crippen molar-refractivity contribution in [2.24, 2.45) is 5.92 Å². The number of benzene rings is 1. The Bertz CT molecular complexity index is 1070. The van der Waals surface area contributed by atoms with E-state index in [1.54, 1.807) is 14.0 Å². The Morgan fingerprint density at radius 2 is 2.23 bits per heavy atom. The van der Waals surface area contributed by atoms with Gasteiger partial charge in [0.25, 0.3) is 0 Å². The highest BCUT2D eigenvalue weighted by atomic mass is 32.2. The number of carbonyl (C=O) groups is 1. The van der Waals surface area contributed by atoms with Gasteiger partial charge in [-0.2, -0.15) is 4.98 Å². The molecule has 1 saturated heterocycles. The number of carbonyl (C=O) groups excluding carboxylic acids is 1. The van der Waals surface area contributed by atoms with Crippen LogP contribution in [0, 0.1) is 12.8 Å². The molecular weight excluding hydrogens is 420 g/mol. The van der Waals surface area contributed by atoms with E-state index in [-0.39, 0.29) is 17.9 Å². The molecule has 2 aromatic rings. The van der Waals surface area contributed by atoms with Crippen molar-refractivity contribution < 1.29 is 22.5 Å². The molecule has 1 aromatic heterocycles. The SMILES string of the molecule is COc1cccc(CCC(=O)N[C@@H]2C[C@H]3CN(S(C)(=O)=O)C[C@@]3(c3nc(C)no3)C2)c1. The Morgan fingerprint density at radius 1 is 1.42 bits per heavy atom. The van der Waals surface area contributed by atoms with Crippen LogP contribution in [0.2, 0.25) is 0 Å². The number of hydrogen-bond donors (Lipinski definition) is 1. The summed E-state index contributed by atoms with van der Waals surface area (Å²) in [6.45, 7) is 2.44. The summed E-state index contributed by atoms with van der Waals surface area (Å²) in [5.41, 5.74) is 0.481. The van der Waals surface area contributed by atoms with Crippen molar-refractivity contribution >= 4 is 15.9 Å². The maximum Gasteiger partial charge on any atom is 0.234 e. The second kappa shape index (κ2) is 8.23. The van der Waals surface area contributed by atoms with Crippen molar-refractivity contribution in [3.63, 3.8) is 0 Å². The molecule has 0 unspecified atom stereocenters. The van der Waals surface area contributed by atoms with Crippen LogP contribution in [-0.4, -0.2) is 61.3 Å². The van der Waals surface area contributed by atoms with Crippen LogP contribution in [0.15, 0.2) is 28.8 Å². The standard InChI is InChI=1S/C21H28N4O5S/c1-14-22-20(30-24-14)21-11-17(10-16(21)12-25(13-21)31(3,27)28)23-19(26)8-7-15-5-4-6-18(9-15)29-2/h4-6,9,16-17H,7-8,10-13H2,1-3H3,(H,23,26)/t16-,17+,21-/m0/s1. The number of nitrogens with zero attached hydrogens (tertiary/aromatic N) is 3. The van der Waals surface area contributed by atoms with Gasteiger partial charge in [0.05, 0.1) is 18.8 Å². The quantitative estimate of drug-likeness (QED) is 0.681. The molecular formula is C21H28N4O5S. The normalized spacial score (nSPS) is 26.0. The number of ether oxygens (including phenoxy) is 1. The van der Waals surface area contributed by atoms with Gasteiger partial charge in [0, 0.05) is 25.6 Å². The molecule has 1 aliphatic heterocycles. The fourth-order valence-corrected chi connectivity index (χ4v) is 5.82. The van der Waals surface area contributed by atoms with Crippen LogP contribution in [0.3, 0.4) is 0 Å². The number of aromatic nitrogens is 2. The van der Waals surface area contributed by atoms with Crippen LogP contribution < -0.4 is 10.1 Å². The summed E-state index contributed by atoms with van der Waals surface area (Å²) in [5, 5.41) is 7.05. The summed E-state index contributed by atoms with van der Waals surface area (Å²) in [6, 6.07) is 7.63. The van der Waals surface area contributed by atoms with E-state index in [0.29, 0.717) is 50.5 Å². The van der Waals surface area contributed by atoms with Gasteiger partial charge >= 0.3 is 0 Å². The fraction of sp³-hybridized carbons (Fsp3) is 0.571. The Balaban J connectivity index is 1.43. The number of aryl methyl sites for hydroxylation is 2. The van der Waals surface area contributed by atoms with Crippen LogP contribution in [0.5, 0.6) is 5.75 Å². The number of amides is 1. The van der Waals surface area contributed by atoms with E-state index in [0.717, 1.165) is 11.3 Å². The molecule has 2 fully saturated rings. The summed E-state index contributed by atoms with van der Waals surface area (Å²) in [5.74, 6) is 1.75. The molecule has 2 heterocycles. The predicted octanol–water partition coefficient (Wildman–Crippen LogP) is 1.43. The van der Waals surface area contributed by atoms with Gasteiger partial charge in [-0.3, -0.25) is 4.79 Å². The molecule has 10 heteroatoms. The first-order valence-electron chi connectivity index (χ1n) is 10.4. The molecule has 4 rings (SSSR count). The Morgan fingerprint density at radius 3 is 2.90 bits per heavy atom. The third kappa shape index (κ3) is 4.45. The molecule has 168 valence electrons. The third-order valence-corrected chi connectivity index (χ3v) is 7.62. The number of fused-ring (bicyclic) bond motifs is 1. The Kier molecular flexibility index (Phi) is 5.78. The molecule has 0 bridgehead atoms. The lowest BCUT2D eigenvalue weighted by atomic mass is 9.80. The summed E-state index contributed by atoms with van der Waals surface area (Å²) in [7, 11) is -1.70. The lowest BCUT2D eigenvalue weighted by molar-refractivity contribution is -0.121. The number of rotatable bonds is 7. The summed E-state index contributed by atoms with van der Waals surface area (Å²) in [4.78, 5) is 17.0. The average molecular weight is 449 g/mol. The van der Waals surface area contributed by atoms with Crippen LogP contribution in [0.25, 0.3) is 0 Å². The highest BCUT2D eigenvalue weighted by molar-refractivity contribution is 7.88. The molecule has 1 aromatic carbocycles. The molecule has 0 radical (unpaired) electrons. The van der Waals surface area contributed by atoms with Gasteiger partial charge in [-0.1, -0.05) is 17.3 Å². The van der Waals surface area contributed by atoms with E-state index in [1.807, 2.05) is 24.3 Å². The molecule has 1 aliphatic carbocycles. The van der Waals surface area contributed by atoms with Crippen LogP contribution in [-0.2, 0) is 26.7 Å². The van der Waals surface area contributed by atoms with Crippen molar-refractivity contribution in [2.45, 2.75) is 44.1 Å². The van der Waals surface area contributed by atoms with Gasteiger partial charge in [-0.15, -0.1) is 0 Å². The van der Waals surface area contributed by atoms with Crippen molar-refractivity contribution in [2.75, 3.05) is 26.5 Å². The minimum atomic E-state index is -3.32. The van der Waals surface area contributed by atoms with Gasteiger partial charge in [0.15, 0.2) is 5.82 Å². The number of nitrogens with one attached hydrogen (secondary N) is 1. The van der Waals surface area contributed by atoms with Crippen LogP contribution in [0.1, 0.15) is 36.5 Å². The van der Waals surface area contributed by atoms with Crippen LogP contribution in [0.4, 0.5) is 0 Å². The largest absolute Gasteiger partial charge is 0.497 e. The smallest absolute Gasteiger partial charge is 0.234 e. The lowest BCUT2D eigenvalue weighted by Gasteiger charge is -2.24. The van der Waals surface area contributed by atoms with Gasteiger partial charge in [-0.05, 0) is 49.8 Å². The first kappa shape index (κ1) is 21.8. The second-order valence-electron chi connectivity index (χ2n) is 8.61. The minimum absolute atomic E-state index is 0.0192. The van der Waals surface area contributed by atoms with E-state index in [1.165, 1.54) is 10.6 Å². The first-order valence-corrected chi connectivity index (χ1v) is 12.2. The Labute approximate surface area is 182 Å². The van der Waals surface area contributed by atoms with Crippen LogP contribution >= 0.6 is 0 Å². The van der Waals surface area contributed by atoms with E-state index >= 15 is 0 Å². The monoisotopic (exact) mass is 448 g/mol. The molecule has 0 spiro atoms. The van der Waals surface area contributed by atoms with Crippen molar-refractivity contribution in [3.05, 3.63) is 41.5 Å². The summed E-state index contributed by atoms with van der Waals surface area (Å²) in [6.07, 6.45) is 3.47. The molecule has 1 N–H and O–H groups in total. The van der Waals surface area contributed by atoms with Gasteiger partial charge < -0.3 is 14.6 Å². The topological polar surface area (TPSA) is 115 Å². The Hall–Kier alpha value is -2.46. The van der Waals surface area contributed by atoms with Crippen molar-refractivity contribution in [1.29, 1.82) is 0 Å².